The number of benzene rings is 1. The van der Waals surface area contributed by atoms with Crippen LogP contribution in [0.1, 0.15) is 36.4 Å². The lowest BCUT2D eigenvalue weighted by atomic mass is 9.61. The molecule has 148 valence electrons. The number of hydrogen-bond acceptors (Lipinski definition) is 4. The van der Waals surface area contributed by atoms with Gasteiger partial charge in [-0.1, -0.05) is 19.9 Å². The smallest absolute Gasteiger partial charge is 0.257 e. The van der Waals surface area contributed by atoms with E-state index in [-0.39, 0.29) is 28.5 Å². The van der Waals surface area contributed by atoms with Crippen molar-refractivity contribution in [3.05, 3.63) is 59.1 Å². The van der Waals surface area contributed by atoms with Crippen LogP contribution in [0.15, 0.2) is 46.4 Å². The van der Waals surface area contributed by atoms with Crippen LogP contribution in [0.3, 0.4) is 0 Å². The van der Waals surface area contributed by atoms with Gasteiger partial charge in [-0.3, -0.25) is 9.59 Å². The molecule has 1 aromatic heterocycles. The molecule has 6 heteroatoms. The molecule has 0 radical (unpaired) electrons. The normalized spacial score (nSPS) is 19.5. The summed E-state index contributed by atoms with van der Waals surface area (Å²) in [6, 6.07) is 9.60. The van der Waals surface area contributed by atoms with E-state index >= 15 is 0 Å². The van der Waals surface area contributed by atoms with E-state index in [0.29, 0.717) is 42.2 Å². The summed E-state index contributed by atoms with van der Waals surface area (Å²) in [6.45, 7) is 6.35. The van der Waals surface area contributed by atoms with Crippen molar-refractivity contribution in [2.45, 2.75) is 27.2 Å². The topological polar surface area (TPSA) is 74.3 Å². The first-order chi connectivity index (χ1) is 13.6. The molecule has 1 aromatic carbocycles. The number of carbonyl (C=O) groups excluding carboxylic acids is 2. The minimum absolute atomic E-state index is 0.134. The summed E-state index contributed by atoms with van der Waals surface area (Å²) in [5.41, 5.74) is 0.398. The molecule has 0 atom stereocenters. The van der Waals surface area contributed by atoms with Gasteiger partial charge in [0.15, 0.2) is 5.78 Å². The SMILES string of the molecule is Cc1oc(-c2ccc(F)cc2)cc1C(=O)N1CC2(C=C(C#N)C(=O)C(C)(C)C2)C1. The van der Waals surface area contributed by atoms with Crippen LogP contribution in [0.25, 0.3) is 11.3 Å². The van der Waals surface area contributed by atoms with Crippen LogP contribution in [-0.4, -0.2) is 29.7 Å². The molecule has 0 N–H and O–H groups in total. The van der Waals surface area contributed by atoms with E-state index < -0.39 is 5.41 Å². The molecule has 2 aliphatic rings. The van der Waals surface area contributed by atoms with E-state index in [9.17, 15) is 19.2 Å². The molecule has 1 fully saturated rings. The second-order valence-corrected chi connectivity index (χ2v) is 8.67. The Kier molecular flexibility index (Phi) is 4.23. The Morgan fingerprint density at radius 1 is 1.24 bits per heavy atom. The fraction of sp³-hybridized carbons (Fsp3) is 0.348. The largest absolute Gasteiger partial charge is 0.461 e. The van der Waals surface area contributed by atoms with Crippen LogP contribution < -0.4 is 0 Å². The molecule has 4 rings (SSSR count). The highest BCUT2D eigenvalue weighted by Crippen LogP contribution is 2.48. The van der Waals surface area contributed by atoms with Gasteiger partial charge in [-0.25, -0.2) is 4.39 Å². The van der Waals surface area contributed by atoms with Crippen LogP contribution in [0, 0.1) is 34.9 Å². The van der Waals surface area contributed by atoms with Crippen LogP contribution in [-0.2, 0) is 4.79 Å². The van der Waals surface area contributed by atoms with Crippen molar-refractivity contribution in [2.75, 3.05) is 13.1 Å². The number of likely N-dealkylation sites (tertiary alicyclic amines) is 1. The van der Waals surface area contributed by atoms with Crippen LogP contribution in [0.5, 0.6) is 0 Å². The molecule has 2 heterocycles. The van der Waals surface area contributed by atoms with Crippen molar-refractivity contribution < 1.29 is 18.4 Å². The molecule has 0 bridgehead atoms. The minimum Gasteiger partial charge on any atom is -0.461 e. The zero-order chi connectivity index (χ0) is 21.0. The summed E-state index contributed by atoms with van der Waals surface area (Å²) < 4.78 is 18.9. The molecule has 2 aromatic rings. The van der Waals surface area contributed by atoms with Gasteiger partial charge in [0.05, 0.1) is 11.1 Å². The van der Waals surface area contributed by atoms with Crippen molar-refractivity contribution in [1.82, 2.24) is 4.90 Å². The van der Waals surface area contributed by atoms with Gasteiger partial charge >= 0.3 is 0 Å². The van der Waals surface area contributed by atoms with Crippen molar-refractivity contribution >= 4 is 11.7 Å². The Morgan fingerprint density at radius 3 is 2.52 bits per heavy atom. The maximum absolute atomic E-state index is 13.1. The first kappa shape index (κ1) is 19.1. The molecule has 1 spiro atoms. The third-order valence-electron chi connectivity index (χ3n) is 5.80. The summed E-state index contributed by atoms with van der Waals surface area (Å²) >= 11 is 0. The van der Waals surface area contributed by atoms with Gasteiger partial charge in [0, 0.05) is 29.5 Å². The number of halogens is 1. The fourth-order valence-electron chi connectivity index (χ4n) is 4.51. The van der Waals surface area contributed by atoms with E-state index in [1.54, 1.807) is 36.1 Å². The standard InChI is InChI=1S/C23H21FN2O3/c1-14-18(8-19(29-14)15-4-6-17(24)7-5-15)21(28)26-12-23(13-26)9-16(10-25)20(27)22(2,3)11-23/h4-9H,11-13H2,1-3H3. The number of furan rings is 1. The number of allylic oxidation sites excluding steroid dienone is 1. The molecule has 1 aliphatic carbocycles. The number of amides is 1. The van der Waals surface area contributed by atoms with Crippen LogP contribution in [0.4, 0.5) is 4.39 Å². The highest BCUT2D eigenvalue weighted by atomic mass is 19.1. The van der Waals surface area contributed by atoms with E-state index in [1.165, 1.54) is 12.1 Å². The van der Waals surface area contributed by atoms with Gasteiger partial charge in [-0.2, -0.15) is 5.26 Å². The van der Waals surface area contributed by atoms with E-state index in [2.05, 4.69) is 0 Å². The lowest BCUT2D eigenvalue weighted by Crippen LogP contribution is -2.60. The van der Waals surface area contributed by atoms with Crippen molar-refractivity contribution in [3.8, 4) is 17.4 Å². The summed E-state index contributed by atoms with van der Waals surface area (Å²) in [6.07, 6.45) is 2.36. The van der Waals surface area contributed by atoms with Gasteiger partial charge in [0.2, 0.25) is 0 Å². The van der Waals surface area contributed by atoms with Crippen LogP contribution >= 0.6 is 0 Å². The lowest BCUT2D eigenvalue weighted by molar-refractivity contribution is -0.127. The minimum atomic E-state index is -0.615. The van der Waals surface area contributed by atoms with Crippen molar-refractivity contribution in [2.24, 2.45) is 10.8 Å². The van der Waals surface area contributed by atoms with Gasteiger partial charge in [0.1, 0.15) is 23.4 Å². The fourth-order valence-corrected chi connectivity index (χ4v) is 4.51. The van der Waals surface area contributed by atoms with Crippen LogP contribution in [0.2, 0.25) is 0 Å². The summed E-state index contributed by atoms with van der Waals surface area (Å²) in [7, 11) is 0. The number of carbonyl (C=O) groups is 2. The van der Waals surface area contributed by atoms with Gasteiger partial charge in [-0.05, 0) is 43.7 Å². The summed E-state index contributed by atoms with van der Waals surface area (Å²) in [5.74, 6) is 0.398. The van der Waals surface area contributed by atoms with E-state index in [0.717, 1.165) is 0 Å². The summed E-state index contributed by atoms with van der Waals surface area (Å²) in [5, 5.41) is 9.31. The maximum Gasteiger partial charge on any atom is 0.257 e. The monoisotopic (exact) mass is 392 g/mol. The number of hydrogen-bond donors (Lipinski definition) is 0. The second-order valence-electron chi connectivity index (χ2n) is 8.67. The summed E-state index contributed by atoms with van der Waals surface area (Å²) in [4.78, 5) is 27.1. The Balaban J connectivity index is 1.55. The number of nitrogens with zero attached hydrogens (tertiary/aromatic N) is 2. The van der Waals surface area contributed by atoms with E-state index in [1.807, 2.05) is 19.9 Å². The Morgan fingerprint density at radius 2 is 1.90 bits per heavy atom. The molecular formula is C23H21FN2O3. The highest BCUT2D eigenvalue weighted by Gasteiger charge is 2.52. The third-order valence-corrected chi connectivity index (χ3v) is 5.80. The first-order valence-corrected chi connectivity index (χ1v) is 9.48. The van der Waals surface area contributed by atoms with Gasteiger partial charge < -0.3 is 9.32 Å². The second kappa shape index (κ2) is 6.41. The Bertz CT molecular complexity index is 1080. The highest BCUT2D eigenvalue weighted by molar-refractivity contribution is 6.04. The Labute approximate surface area is 168 Å². The number of aryl methyl sites for hydroxylation is 1. The predicted octanol–water partition coefficient (Wildman–Crippen LogP) is 4.29. The molecule has 0 saturated carbocycles. The number of nitriles is 1. The van der Waals surface area contributed by atoms with Gasteiger partial charge in [0.25, 0.3) is 5.91 Å². The van der Waals surface area contributed by atoms with Gasteiger partial charge in [-0.15, -0.1) is 0 Å². The molecule has 1 saturated heterocycles. The molecule has 29 heavy (non-hydrogen) atoms. The zero-order valence-electron chi connectivity index (χ0n) is 16.6. The molecule has 1 amide bonds. The van der Waals surface area contributed by atoms with Crippen molar-refractivity contribution in [1.29, 1.82) is 5.26 Å². The zero-order valence-corrected chi connectivity index (χ0v) is 16.6. The third kappa shape index (κ3) is 3.17. The quantitative estimate of drug-likeness (QED) is 0.764. The first-order valence-electron chi connectivity index (χ1n) is 9.48. The number of ketones is 1. The average Bonchev–Trinajstić information content (AvgIpc) is 3.03. The van der Waals surface area contributed by atoms with Crippen molar-refractivity contribution in [3.63, 3.8) is 0 Å². The predicted molar refractivity (Wildman–Crippen MR) is 104 cm³/mol. The Hall–Kier alpha value is -3.20. The average molecular weight is 392 g/mol. The number of Topliss-reactive ketones (excluding diaryl/α,β-unsaturated/α-hetero) is 1. The molecule has 5 nitrogen and oxygen atoms in total. The molecule has 1 aliphatic heterocycles. The molecular weight excluding hydrogens is 371 g/mol. The lowest BCUT2D eigenvalue weighted by Gasteiger charge is -2.53. The number of rotatable bonds is 2. The molecule has 0 unspecified atom stereocenters. The maximum atomic E-state index is 13.1. The van der Waals surface area contributed by atoms with E-state index in [4.69, 9.17) is 4.42 Å².